The van der Waals surface area contributed by atoms with Crippen LogP contribution in [0.2, 0.25) is 0 Å². The quantitative estimate of drug-likeness (QED) is 0.817. The molecule has 1 saturated carbocycles. The fraction of sp³-hybridized carbons (Fsp3) is 0.462. The Morgan fingerprint density at radius 2 is 1.89 bits per heavy atom. The minimum atomic E-state index is 0.315. The Morgan fingerprint density at radius 1 is 1.21 bits per heavy atom. The van der Waals surface area contributed by atoms with E-state index in [-0.39, 0.29) is 0 Å². The first-order valence-electron chi connectivity index (χ1n) is 6.48. The molecule has 1 heterocycles. The minimum absolute atomic E-state index is 0.315. The standard InChI is InChI=1S/C13H18N6/c1-13(3-2-4-13)8-19-12(16-17-18-19)9-5-10(14)7-11(15)6-9/h5-7H,2-4,8,14-15H2,1H3. The Bertz CT molecular complexity index is 579. The molecule has 100 valence electrons. The van der Waals surface area contributed by atoms with Crippen LogP contribution in [0.4, 0.5) is 11.4 Å². The first kappa shape index (κ1) is 12.0. The van der Waals surface area contributed by atoms with Crippen LogP contribution in [0, 0.1) is 5.41 Å². The molecule has 1 aromatic heterocycles. The summed E-state index contributed by atoms with van der Waals surface area (Å²) < 4.78 is 1.85. The molecule has 1 aliphatic carbocycles. The molecule has 0 amide bonds. The van der Waals surface area contributed by atoms with Crippen LogP contribution in [-0.2, 0) is 6.54 Å². The number of tetrazole rings is 1. The van der Waals surface area contributed by atoms with Crippen LogP contribution < -0.4 is 11.5 Å². The third kappa shape index (κ3) is 2.25. The lowest BCUT2D eigenvalue weighted by Crippen LogP contribution is -2.31. The molecule has 0 aliphatic heterocycles. The Kier molecular flexibility index (Phi) is 2.66. The Hall–Kier alpha value is -2.11. The Labute approximate surface area is 111 Å². The zero-order chi connectivity index (χ0) is 13.5. The highest BCUT2D eigenvalue weighted by Gasteiger charge is 2.33. The van der Waals surface area contributed by atoms with Crippen molar-refractivity contribution in [2.75, 3.05) is 11.5 Å². The van der Waals surface area contributed by atoms with E-state index in [1.807, 2.05) is 16.8 Å². The second-order valence-electron chi connectivity index (χ2n) is 5.71. The maximum absolute atomic E-state index is 5.82. The zero-order valence-electron chi connectivity index (χ0n) is 11.0. The van der Waals surface area contributed by atoms with Gasteiger partial charge in [0.1, 0.15) is 0 Å². The van der Waals surface area contributed by atoms with E-state index in [1.54, 1.807) is 6.07 Å². The summed E-state index contributed by atoms with van der Waals surface area (Å²) in [5.74, 6) is 0.729. The van der Waals surface area contributed by atoms with Crippen LogP contribution in [0.25, 0.3) is 11.4 Å². The third-order valence-corrected chi connectivity index (χ3v) is 3.86. The van der Waals surface area contributed by atoms with Gasteiger partial charge in [0.15, 0.2) is 5.82 Å². The summed E-state index contributed by atoms with van der Waals surface area (Å²) in [4.78, 5) is 0. The molecule has 3 rings (SSSR count). The summed E-state index contributed by atoms with van der Waals surface area (Å²) in [7, 11) is 0. The van der Waals surface area contributed by atoms with Gasteiger partial charge in [-0.3, -0.25) is 0 Å². The van der Waals surface area contributed by atoms with E-state index in [4.69, 9.17) is 11.5 Å². The fourth-order valence-corrected chi connectivity index (χ4v) is 2.62. The Balaban J connectivity index is 1.94. The number of nitrogens with two attached hydrogens (primary N) is 2. The van der Waals surface area contributed by atoms with Crippen LogP contribution in [-0.4, -0.2) is 20.2 Å². The predicted octanol–water partition coefficient (Wildman–Crippen LogP) is 1.69. The second-order valence-corrected chi connectivity index (χ2v) is 5.71. The molecule has 0 unspecified atom stereocenters. The lowest BCUT2D eigenvalue weighted by atomic mass is 9.70. The molecule has 0 bridgehead atoms. The van der Waals surface area contributed by atoms with E-state index in [0.717, 1.165) is 17.9 Å². The summed E-state index contributed by atoms with van der Waals surface area (Å²) >= 11 is 0. The average molecular weight is 258 g/mol. The second kappa shape index (κ2) is 4.22. The van der Waals surface area contributed by atoms with Crippen LogP contribution in [0.1, 0.15) is 26.2 Å². The highest BCUT2D eigenvalue weighted by molar-refractivity contribution is 5.67. The first-order valence-corrected chi connectivity index (χ1v) is 6.48. The largest absolute Gasteiger partial charge is 0.399 e. The predicted molar refractivity (Wildman–Crippen MR) is 74.0 cm³/mol. The highest BCUT2D eigenvalue weighted by atomic mass is 15.5. The topological polar surface area (TPSA) is 95.6 Å². The number of anilines is 2. The van der Waals surface area contributed by atoms with Crippen molar-refractivity contribution in [1.82, 2.24) is 20.2 Å². The molecule has 6 heteroatoms. The molecule has 6 nitrogen and oxygen atoms in total. The average Bonchev–Trinajstić information content (AvgIpc) is 2.73. The summed E-state index contributed by atoms with van der Waals surface area (Å²) in [6, 6.07) is 5.42. The third-order valence-electron chi connectivity index (χ3n) is 3.86. The van der Waals surface area contributed by atoms with Crippen molar-refractivity contribution >= 4 is 11.4 Å². The molecule has 19 heavy (non-hydrogen) atoms. The number of hydrogen-bond acceptors (Lipinski definition) is 5. The molecule has 0 radical (unpaired) electrons. The lowest BCUT2D eigenvalue weighted by molar-refractivity contribution is 0.126. The monoisotopic (exact) mass is 258 g/mol. The number of benzene rings is 1. The van der Waals surface area contributed by atoms with Gasteiger partial charge in [-0.2, -0.15) is 0 Å². The maximum Gasteiger partial charge on any atom is 0.182 e. The normalized spacial score (nSPS) is 17.1. The molecule has 4 N–H and O–H groups in total. The molecular formula is C13H18N6. The van der Waals surface area contributed by atoms with Gasteiger partial charge in [0.25, 0.3) is 0 Å². The zero-order valence-corrected chi connectivity index (χ0v) is 11.0. The number of aromatic nitrogens is 4. The van der Waals surface area contributed by atoms with Crippen LogP contribution >= 0.6 is 0 Å². The van der Waals surface area contributed by atoms with Gasteiger partial charge in [-0.1, -0.05) is 13.3 Å². The lowest BCUT2D eigenvalue weighted by Gasteiger charge is -2.38. The van der Waals surface area contributed by atoms with Gasteiger partial charge in [-0.15, -0.1) is 5.10 Å². The van der Waals surface area contributed by atoms with Crippen molar-refractivity contribution in [3.8, 4) is 11.4 Å². The van der Waals surface area contributed by atoms with Crippen molar-refractivity contribution in [1.29, 1.82) is 0 Å². The number of nitrogen functional groups attached to an aromatic ring is 2. The van der Waals surface area contributed by atoms with Gasteiger partial charge in [0.2, 0.25) is 0 Å². The minimum Gasteiger partial charge on any atom is -0.399 e. The fourth-order valence-electron chi connectivity index (χ4n) is 2.62. The van der Waals surface area contributed by atoms with Gasteiger partial charge in [-0.05, 0) is 46.9 Å². The van der Waals surface area contributed by atoms with Crippen molar-refractivity contribution in [3.63, 3.8) is 0 Å². The molecule has 1 aromatic carbocycles. The summed E-state index contributed by atoms with van der Waals surface area (Å²) in [6.07, 6.45) is 3.75. The van der Waals surface area contributed by atoms with E-state index in [2.05, 4.69) is 22.4 Å². The molecule has 0 atom stereocenters. The van der Waals surface area contributed by atoms with E-state index in [1.165, 1.54) is 19.3 Å². The Morgan fingerprint density at radius 3 is 2.47 bits per heavy atom. The molecule has 0 saturated heterocycles. The molecule has 0 spiro atoms. The summed E-state index contributed by atoms with van der Waals surface area (Å²) in [5, 5.41) is 12.0. The van der Waals surface area contributed by atoms with Gasteiger partial charge in [0, 0.05) is 16.9 Å². The van der Waals surface area contributed by atoms with Gasteiger partial charge >= 0.3 is 0 Å². The van der Waals surface area contributed by atoms with E-state index in [0.29, 0.717) is 16.8 Å². The molecule has 1 aliphatic rings. The van der Waals surface area contributed by atoms with Crippen molar-refractivity contribution < 1.29 is 0 Å². The SMILES string of the molecule is CC1(Cn2nnnc2-c2cc(N)cc(N)c2)CCC1. The van der Waals surface area contributed by atoms with Crippen molar-refractivity contribution in [3.05, 3.63) is 18.2 Å². The molecular weight excluding hydrogens is 240 g/mol. The van der Waals surface area contributed by atoms with Crippen molar-refractivity contribution in [2.24, 2.45) is 5.41 Å². The number of nitrogens with zero attached hydrogens (tertiary/aromatic N) is 4. The number of hydrogen-bond donors (Lipinski definition) is 2. The van der Waals surface area contributed by atoms with Crippen LogP contribution in [0.15, 0.2) is 18.2 Å². The highest BCUT2D eigenvalue weighted by Crippen LogP contribution is 2.42. The van der Waals surface area contributed by atoms with Gasteiger partial charge in [0.05, 0.1) is 6.54 Å². The van der Waals surface area contributed by atoms with Gasteiger partial charge < -0.3 is 11.5 Å². The van der Waals surface area contributed by atoms with Gasteiger partial charge in [-0.25, -0.2) is 4.68 Å². The number of rotatable bonds is 3. The van der Waals surface area contributed by atoms with Crippen LogP contribution in [0.3, 0.4) is 0 Å². The van der Waals surface area contributed by atoms with E-state index >= 15 is 0 Å². The van der Waals surface area contributed by atoms with E-state index in [9.17, 15) is 0 Å². The van der Waals surface area contributed by atoms with Crippen LogP contribution in [0.5, 0.6) is 0 Å². The molecule has 2 aromatic rings. The maximum atomic E-state index is 5.82. The summed E-state index contributed by atoms with van der Waals surface area (Å²) in [6.45, 7) is 3.11. The smallest absolute Gasteiger partial charge is 0.182 e. The first-order chi connectivity index (χ1) is 9.06. The van der Waals surface area contributed by atoms with E-state index < -0.39 is 0 Å². The summed E-state index contributed by atoms with van der Waals surface area (Å²) in [5.41, 5.74) is 14.1. The van der Waals surface area contributed by atoms with Crippen molar-refractivity contribution in [2.45, 2.75) is 32.7 Å². The molecule has 1 fully saturated rings.